The normalized spacial score (nSPS) is 14.0. The van der Waals surface area contributed by atoms with Gasteiger partial charge in [-0.05, 0) is 69.9 Å². The molecule has 0 aliphatic carbocycles. The Morgan fingerprint density at radius 1 is 1.04 bits per heavy atom. The van der Waals surface area contributed by atoms with Crippen molar-refractivity contribution in [1.82, 2.24) is 14.8 Å². The van der Waals surface area contributed by atoms with E-state index in [0.29, 0.717) is 61.4 Å². The van der Waals surface area contributed by atoms with Crippen molar-refractivity contribution in [3.63, 3.8) is 0 Å². The van der Waals surface area contributed by atoms with Gasteiger partial charge in [0.25, 0.3) is 5.91 Å². The summed E-state index contributed by atoms with van der Waals surface area (Å²) in [4.78, 5) is 18.7. The predicted molar refractivity (Wildman–Crippen MR) is 187 cm³/mol. The van der Waals surface area contributed by atoms with Gasteiger partial charge in [-0.15, -0.1) is 5.10 Å². The largest absolute Gasteiger partial charge is 0.493 e. The quantitative estimate of drug-likeness (QED) is 0.133. The van der Waals surface area contributed by atoms with Gasteiger partial charge in [-0.1, -0.05) is 90.1 Å². The van der Waals surface area contributed by atoms with E-state index in [2.05, 4.69) is 38.7 Å². The van der Waals surface area contributed by atoms with E-state index in [9.17, 15) is 4.79 Å². The minimum Gasteiger partial charge on any atom is -0.493 e. The number of carbonyl (C=O) groups excluding carboxylic acids is 1. The molecule has 1 amide bonds. The Labute approximate surface area is 285 Å². The molecule has 5 aromatic rings. The molecule has 0 radical (unpaired) electrons. The SMILES string of the molecule is COc1cc(C2C(C(=O)Nc3ccccc3)=C(C)Nc3nc(SCc4ccccc4Cl)nn32)cc(Br)c1OCCc1ccccc1. The Morgan fingerprint density at radius 2 is 1.76 bits per heavy atom. The van der Waals surface area contributed by atoms with Crippen LogP contribution in [0.1, 0.15) is 29.7 Å². The minimum absolute atomic E-state index is 0.258. The van der Waals surface area contributed by atoms with Crippen LogP contribution in [-0.4, -0.2) is 34.4 Å². The molecule has 1 unspecified atom stereocenters. The van der Waals surface area contributed by atoms with Gasteiger partial charge in [0, 0.05) is 28.6 Å². The van der Waals surface area contributed by atoms with Gasteiger partial charge in [0.1, 0.15) is 6.04 Å². The second kappa shape index (κ2) is 14.5. The van der Waals surface area contributed by atoms with E-state index >= 15 is 0 Å². The molecule has 11 heteroatoms. The number of nitrogens with zero attached hydrogens (tertiary/aromatic N) is 3. The van der Waals surface area contributed by atoms with Gasteiger partial charge >= 0.3 is 0 Å². The number of carbonyl (C=O) groups is 1. The Kier molecular flexibility index (Phi) is 9.97. The molecule has 0 spiro atoms. The molecule has 1 aliphatic heterocycles. The summed E-state index contributed by atoms with van der Waals surface area (Å²) in [6.07, 6.45) is 0.745. The third-order valence-electron chi connectivity index (χ3n) is 7.47. The van der Waals surface area contributed by atoms with Crippen LogP contribution >= 0.6 is 39.3 Å². The lowest BCUT2D eigenvalue weighted by molar-refractivity contribution is -0.113. The number of nitrogens with one attached hydrogen (secondary N) is 2. The number of para-hydroxylation sites is 1. The summed E-state index contributed by atoms with van der Waals surface area (Å²) >= 11 is 11.6. The first-order valence-electron chi connectivity index (χ1n) is 14.6. The maximum Gasteiger partial charge on any atom is 0.255 e. The first kappa shape index (κ1) is 31.7. The average Bonchev–Trinajstić information content (AvgIpc) is 3.47. The fraction of sp³-hybridized carbons (Fsp3) is 0.171. The third-order valence-corrected chi connectivity index (χ3v) is 9.32. The van der Waals surface area contributed by atoms with Crippen LogP contribution in [0.25, 0.3) is 0 Å². The predicted octanol–water partition coefficient (Wildman–Crippen LogP) is 8.54. The van der Waals surface area contributed by atoms with Gasteiger partial charge in [0.05, 0.1) is 23.8 Å². The average molecular weight is 717 g/mol. The monoisotopic (exact) mass is 715 g/mol. The Morgan fingerprint density at radius 3 is 2.50 bits per heavy atom. The van der Waals surface area contributed by atoms with E-state index in [4.69, 9.17) is 31.2 Å². The van der Waals surface area contributed by atoms with E-state index in [1.165, 1.54) is 17.3 Å². The molecule has 46 heavy (non-hydrogen) atoms. The van der Waals surface area contributed by atoms with E-state index in [1.807, 2.05) is 91.9 Å². The van der Waals surface area contributed by atoms with Crippen molar-refractivity contribution in [3.05, 3.63) is 135 Å². The number of amides is 1. The first-order chi connectivity index (χ1) is 22.4. The number of anilines is 2. The van der Waals surface area contributed by atoms with Crippen LogP contribution in [-0.2, 0) is 17.0 Å². The van der Waals surface area contributed by atoms with E-state index < -0.39 is 6.04 Å². The fourth-order valence-electron chi connectivity index (χ4n) is 5.23. The maximum absolute atomic E-state index is 14.0. The summed E-state index contributed by atoms with van der Waals surface area (Å²) in [6.45, 7) is 2.34. The van der Waals surface area contributed by atoms with Crippen molar-refractivity contribution < 1.29 is 14.3 Å². The topological polar surface area (TPSA) is 90.3 Å². The molecule has 0 saturated carbocycles. The number of benzene rings is 4. The molecule has 2 N–H and O–H groups in total. The number of methoxy groups -OCH3 is 1. The molecule has 1 aliphatic rings. The van der Waals surface area contributed by atoms with Gasteiger partial charge in [-0.2, -0.15) is 4.98 Å². The zero-order chi connectivity index (χ0) is 32.0. The molecular weight excluding hydrogens is 686 g/mol. The van der Waals surface area contributed by atoms with Crippen LogP contribution in [0.3, 0.4) is 0 Å². The molecule has 234 valence electrons. The summed E-state index contributed by atoms with van der Waals surface area (Å²) in [7, 11) is 1.60. The molecule has 0 fully saturated rings. The lowest BCUT2D eigenvalue weighted by atomic mass is 9.94. The highest BCUT2D eigenvalue weighted by Crippen LogP contribution is 2.43. The zero-order valence-corrected chi connectivity index (χ0v) is 28.3. The van der Waals surface area contributed by atoms with Crippen LogP contribution in [0.5, 0.6) is 11.5 Å². The van der Waals surface area contributed by atoms with Crippen LogP contribution in [0.2, 0.25) is 5.02 Å². The second-order valence-electron chi connectivity index (χ2n) is 10.5. The van der Waals surface area contributed by atoms with Crippen molar-refractivity contribution in [2.75, 3.05) is 24.4 Å². The summed E-state index contributed by atoms with van der Waals surface area (Å²) < 4.78 is 14.5. The lowest BCUT2D eigenvalue weighted by Crippen LogP contribution is -2.31. The molecule has 4 aromatic carbocycles. The smallest absolute Gasteiger partial charge is 0.255 e. The van der Waals surface area contributed by atoms with Gasteiger partial charge < -0.3 is 20.1 Å². The number of ether oxygens (including phenoxy) is 2. The number of allylic oxidation sites excluding steroid dienone is 1. The van der Waals surface area contributed by atoms with Gasteiger partial charge in [-0.3, -0.25) is 4.79 Å². The molecule has 2 heterocycles. The third kappa shape index (κ3) is 7.09. The standard InChI is InChI=1S/C35H31BrClN5O3S/c1-22-30(33(43)39-26-14-7-4-8-15-26)31(42-34(38-22)40-35(41-42)46-21-24-13-9-10-16-28(24)37)25-19-27(36)32(29(20-25)44-2)45-18-17-23-11-5-3-6-12-23/h3-16,19-20,31H,17-18,21H2,1-2H3,(H,39,43)(H,38,40,41). The van der Waals surface area contributed by atoms with Crippen molar-refractivity contribution >= 4 is 56.8 Å². The molecule has 0 bridgehead atoms. The molecular formula is C35H31BrClN5O3S. The van der Waals surface area contributed by atoms with Crippen LogP contribution in [0.15, 0.2) is 118 Å². The highest BCUT2D eigenvalue weighted by atomic mass is 79.9. The number of hydrogen-bond donors (Lipinski definition) is 2. The van der Waals surface area contributed by atoms with Gasteiger partial charge in [-0.25, -0.2) is 4.68 Å². The van der Waals surface area contributed by atoms with Crippen molar-refractivity contribution in [1.29, 1.82) is 0 Å². The Balaban J connectivity index is 1.35. The zero-order valence-electron chi connectivity index (χ0n) is 25.2. The molecule has 1 aromatic heterocycles. The van der Waals surface area contributed by atoms with Crippen molar-refractivity contribution in [2.45, 2.75) is 30.3 Å². The van der Waals surface area contributed by atoms with Crippen LogP contribution in [0, 0.1) is 0 Å². The summed E-state index contributed by atoms with van der Waals surface area (Å²) in [5.41, 5.74) is 4.79. The first-order valence-corrected chi connectivity index (χ1v) is 16.8. The van der Waals surface area contributed by atoms with E-state index in [0.717, 1.165) is 17.5 Å². The number of rotatable bonds is 11. The number of aromatic nitrogens is 3. The molecule has 1 atom stereocenters. The van der Waals surface area contributed by atoms with Crippen molar-refractivity contribution in [3.8, 4) is 11.5 Å². The highest BCUT2D eigenvalue weighted by Gasteiger charge is 2.35. The Hall–Kier alpha value is -4.25. The number of halogens is 2. The molecule has 0 saturated heterocycles. The summed E-state index contributed by atoms with van der Waals surface area (Å²) in [5.74, 6) is 1.98. The van der Waals surface area contributed by atoms with E-state index in [1.54, 1.807) is 11.8 Å². The molecule has 6 rings (SSSR count). The van der Waals surface area contributed by atoms with Gasteiger partial charge in [0.15, 0.2) is 11.5 Å². The highest BCUT2D eigenvalue weighted by molar-refractivity contribution is 9.10. The van der Waals surface area contributed by atoms with Crippen molar-refractivity contribution in [2.24, 2.45) is 0 Å². The lowest BCUT2D eigenvalue weighted by Gasteiger charge is -2.29. The summed E-state index contributed by atoms with van der Waals surface area (Å²) in [6, 6.07) is 30.5. The summed E-state index contributed by atoms with van der Waals surface area (Å²) in [5, 5.41) is 12.5. The Bertz CT molecular complexity index is 1880. The number of fused-ring (bicyclic) bond motifs is 1. The maximum atomic E-state index is 14.0. The molecule has 8 nitrogen and oxygen atoms in total. The number of hydrogen-bond acceptors (Lipinski definition) is 7. The van der Waals surface area contributed by atoms with Crippen LogP contribution < -0.4 is 20.1 Å². The second-order valence-corrected chi connectivity index (χ2v) is 12.8. The van der Waals surface area contributed by atoms with Gasteiger partial charge in [0.2, 0.25) is 11.1 Å². The minimum atomic E-state index is -0.620. The van der Waals surface area contributed by atoms with E-state index in [-0.39, 0.29) is 5.91 Å². The van der Waals surface area contributed by atoms with Crippen LogP contribution in [0.4, 0.5) is 11.6 Å². The fourth-order valence-corrected chi connectivity index (χ4v) is 6.91. The number of thioether (sulfide) groups is 1.